The molecule has 1 atom stereocenters. The summed E-state index contributed by atoms with van der Waals surface area (Å²) in [6, 6.07) is 12.2. The molecule has 5 heteroatoms. The van der Waals surface area contributed by atoms with Crippen LogP contribution in [0.3, 0.4) is 0 Å². The number of fused-ring (bicyclic) bond motifs is 1. The lowest BCUT2D eigenvalue weighted by molar-refractivity contribution is 0.0979. The van der Waals surface area contributed by atoms with Crippen LogP contribution in [0.4, 0.5) is 0 Å². The first-order valence-corrected chi connectivity index (χ1v) is 10.1. The second-order valence-corrected chi connectivity index (χ2v) is 7.96. The van der Waals surface area contributed by atoms with Crippen LogP contribution in [0.25, 0.3) is 0 Å². The molecule has 29 heavy (non-hydrogen) atoms. The minimum Gasteiger partial charge on any atom is -0.507 e. The normalized spacial score (nSPS) is 19.3. The monoisotopic (exact) mass is 391 g/mol. The summed E-state index contributed by atoms with van der Waals surface area (Å²) < 4.78 is 0. The van der Waals surface area contributed by atoms with Gasteiger partial charge in [-0.05, 0) is 56.9 Å². The van der Waals surface area contributed by atoms with Gasteiger partial charge in [0.1, 0.15) is 11.5 Å². The topological polar surface area (TPSA) is 77.8 Å². The highest BCUT2D eigenvalue weighted by atomic mass is 16.3. The molecule has 2 N–H and O–H groups in total. The quantitative estimate of drug-likeness (QED) is 0.753. The number of benzene rings is 2. The predicted molar refractivity (Wildman–Crippen MR) is 110 cm³/mol. The molecule has 1 fully saturated rings. The SMILES string of the molecule is CC1=CC(=O)c2c(O)c(CN3CCCC3CCc3ccccc3)cc(O)c2C1=O. The number of aryl methyl sites for hydroxylation is 1. The number of hydrogen-bond acceptors (Lipinski definition) is 5. The van der Waals surface area contributed by atoms with E-state index in [0.717, 1.165) is 32.2 Å². The maximum Gasteiger partial charge on any atom is 0.193 e. The second-order valence-electron chi connectivity index (χ2n) is 7.96. The van der Waals surface area contributed by atoms with Crippen molar-refractivity contribution in [2.24, 2.45) is 0 Å². The summed E-state index contributed by atoms with van der Waals surface area (Å²) in [5, 5.41) is 21.2. The second kappa shape index (κ2) is 7.84. The lowest BCUT2D eigenvalue weighted by Gasteiger charge is -2.26. The maximum absolute atomic E-state index is 12.4. The molecule has 4 rings (SSSR count). The van der Waals surface area contributed by atoms with E-state index in [9.17, 15) is 19.8 Å². The van der Waals surface area contributed by atoms with Crippen molar-refractivity contribution in [1.29, 1.82) is 0 Å². The Balaban J connectivity index is 1.55. The van der Waals surface area contributed by atoms with Gasteiger partial charge in [0.05, 0.1) is 11.1 Å². The van der Waals surface area contributed by atoms with Gasteiger partial charge < -0.3 is 10.2 Å². The van der Waals surface area contributed by atoms with Gasteiger partial charge >= 0.3 is 0 Å². The molecule has 150 valence electrons. The molecule has 2 aromatic rings. The molecule has 1 saturated heterocycles. The molecular formula is C24H25NO4. The Labute approximate surface area is 170 Å². The molecule has 1 unspecified atom stereocenters. The molecule has 0 radical (unpaired) electrons. The first kappa shape index (κ1) is 19.4. The van der Waals surface area contributed by atoms with Crippen LogP contribution in [0.5, 0.6) is 11.5 Å². The van der Waals surface area contributed by atoms with Crippen molar-refractivity contribution in [3.05, 3.63) is 70.3 Å². The number of allylic oxidation sites excluding steroid dienone is 2. The van der Waals surface area contributed by atoms with Gasteiger partial charge in [0.25, 0.3) is 0 Å². The van der Waals surface area contributed by atoms with Crippen LogP contribution in [0.1, 0.15) is 58.0 Å². The van der Waals surface area contributed by atoms with Gasteiger partial charge in [-0.2, -0.15) is 0 Å². The molecule has 0 spiro atoms. The zero-order valence-corrected chi connectivity index (χ0v) is 16.5. The van der Waals surface area contributed by atoms with Crippen LogP contribution < -0.4 is 0 Å². The van der Waals surface area contributed by atoms with E-state index in [-0.39, 0.29) is 28.2 Å². The Kier molecular flexibility index (Phi) is 5.24. The number of carbonyl (C=O) groups excluding carboxylic acids is 2. The van der Waals surface area contributed by atoms with E-state index in [2.05, 4.69) is 17.0 Å². The number of nitrogens with zero attached hydrogens (tertiary/aromatic N) is 1. The van der Waals surface area contributed by atoms with Crippen LogP contribution in [0.2, 0.25) is 0 Å². The first-order valence-electron chi connectivity index (χ1n) is 10.1. The van der Waals surface area contributed by atoms with Crippen molar-refractivity contribution in [2.75, 3.05) is 6.54 Å². The fraction of sp³-hybridized carbons (Fsp3) is 0.333. The van der Waals surface area contributed by atoms with Gasteiger partial charge in [-0.3, -0.25) is 14.5 Å². The molecule has 0 aromatic heterocycles. The maximum atomic E-state index is 12.4. The highest BCUT2D eigenvalue weighted by molar-refractivity contribution is 6.26. The molecule has 1 aliphatic carbocycles. The number of hydrogen-bond donors (Lipinski definition) is 2. The molecule has 0 amide bonds. The largest absolute Gasteiger partial charge is 0.507 e. The lowest BCUT2D eigenvalue weighted by atomic mass is 9.87. The first-order chi connectivity index (χ1) is 14.0. The molecule has 1 aliphatic heterocycles. The Morgan fingerprint density at radius 1 is 1.10 bits per heavy atom. The number of carbonyl (C=O) groups is 2. The zero-order valence-electron chi connectivity index (χ0n) is 16.5. The molecule has 0 saturated carbocycles. The van der Waals surface area contributed by atoms with Gasteiger partial charge in [-0.15, -0.1) is 0 Å². The number of likely N-dealkylation sites (tertiary alicyclic amines) is 1. The van der Waals surface area contributed by atoms with Crippen LogP contribution in [-0.2, 0) is 13.0 Å². The van der Waals surface area contributed by atoms with Gasteiger partial charge in [-0.25, -0.2) is 0 Å². The average molecular weight is 391 g/mol. The fourth-order valence-electron chi connectivity index (χ4n) is 4.46. The van der Waals surface area contributed by atoms with E-state index in [1.165, 1.54) is 24.6 Å². The van der Waals surface area contributed by atoms with Crippen LogP contribution >= 0.6 is 0 Å². The Hall–Kier alpha value is -2.92. The van der Waals surface area contributed by atoms with Crippen molar-refractivity contribution in [3.8, 4) is 11.5 Å². The summed E-state index contributed by atoms with van der Waals surface area (Å²) in [6.07, 6.45) is 5.40. The standard InChI is InChI=1S/C24H25NO4/c1-15-12-19(26)22-21(23(15)28)20(27)13-17(24(22)29)14-25-11-5-8-18(25)10-9-16-6-3-2-4-7-16/h2-4,6-7,12-13,18,27,29H,5,8-11,14H2,1H3. The smallest absolute Gasteiger partial charge is 0.193 e. The highest BCUT2D eigenvalue weighted by Gasteiger charge is 2.32. The van der Waals surface area contributed by atoms with E-state index in [4.69, 9.17) is 0 Å². The van der Waals surface area contributed by atoms with Crippen molar-refractivity contribution in [1.82, 2.24) is 4.90 Å². The molecule has 2 aliphatic rings. The fourth-order valence-corrected chi connectivity index (χ4v) is 4.46. The van der Waals surface area contributed by atoms with Crippen LogP contribution in [0.15, 0.2) is 48.0 Å². The average Bonchev–Trinajstić information content (AvgIpc) is 3.15. The Morgan fingerprint density at radius 3 is 2.62 bits per heavy atom. The van der Waals surface area contributed by atoms with Crippen molar-refractivity contribution >= 4 is 11.6 Å². The van der Waals surface area contributed by atoms with E-state index >= 15 is 0 Å². The predicted octanol–water partition coefficient (Wildman–Crippen LogP) is 4.02. The van der Waals surface area contributed by atoms with Crippen molar-refractivity contribution in [2.45, 2.75) is 45.2 Å². The van der Waals surface area contributed by atoms with E-state index < -0.39 is 11.6 Å². The highest BCUT2D eigenvalue weighted by Crippen LogP contribution is 2.39. The summed E-state index contributed by atoms with van der Waals surface area (Å²) >= 11 is 0. The van der Waals surface area contributed by atoms with Crippen molar-refractivity contribution < 1.29 is 19.8 Å². The summed E-state index contributed by atoms with van der Waals surface area (Å²) in [7, 11) is 0. The third kappa shape index (κ3) is 3.70. The molecule has 5 nitrogen and oxygen atoms in total. The van der Waals surface area contributed by atoms with E-state index in [1.54, 1.807) is 0 Å². The summed E-state index contributed by atoms with van der Waals surface area (Å²) in [6.45, 7) is 2.88. The number of Topliss-reactive ketones (excluding diaryl/α,β-unsaturated/α-hetero) is 1. The van der Waals surface area contributed by atoms with Crippen molar-refractivity contribution in [3.63, 3.8) is 0 Å². The summed E-state index contributed by atoms with van der Waals surface area (Å²) in [5.41, 5.74) is 1.90. The third-order valence-corrected chi connectivity index (χ3v) is 6.02. The molecule has 0 bridgehead atoms. The van der Waals surface area contributed by atoms with Gasteiger partial charge in [0, 0.05) is 23.7 Å². The Morgan fingerprint density at radius 2 is 1.86 bits per heavy atom. The third-order valence-electron chi connectivity index (χ3n) is 6.02. The minimum atomic E-state index is -0.436. The van der Waals surface area contributed by atoms with Gasteiger partial charge in [0.15, 0.2) is 11.6 Å². The Bertz CT molecular complexity index is 994. The number of phenolic OH excluding ortho intramolecular Hbond substituents is 2. The number of aromatic hydroxyl groups is 2. The van der Waals surface area contributed by atoms with Gasteiger partial charge in [-0.1, -0.05) is 30.3 Å². The molecule has 1 heterocycles. The van der Waals surface area contributed by atoms with E-state index in [1.807, 2.05) is 18.2 Å². The zero-order chi connectivity index (χ0) is 20.5. The summed E-state index contributed by atoms with van der Waals surface area (Å²) in [5.74, 6) is -1.28. The minimum absolute atomic E-state index is 0.0735. The van der Waals surface area contributed by atoms with Gasteiger partial charge in [0.2, 0.25) is 0 Å². The molecule has 2 aromatic carbocycles. The molecular weight excluding hydrogens is 366 g/mol. The van der Waals surface area contributed by atoms with Crippen LogP contribution in [-0.4, -0.2) is 39.3 Å². The lowest BCUT2D eigenvalue weighted by Crippen LogP contribution is -2.29. The van der Waals surface area contributed by atoms with E-state index in [0.29, 0.717) is 18.2 Å². The summed E-state index contributed by atoms with van der Waals surface area (Å²) in [4.78, 5) is 27.1. The van der Waals surface area contributed by atoms with Crippen LogP contribution in [0, 0.1) is 0 Å². The number of rotatable bonds is 5. The number of phenols is 2. The number of ketones is 2.